The third-order valence-corrected chi connectivity index (χ3v) is 2.36. The lowest BCUT2D eigenvalue weighted by molar-refractivity contribution is -0.385. The molecule has 0 aliphatic carbocycles. The fourth-order valence-electron chi connectivity index (χ4n) is 1.47. The highest BCUT2D eigenvalue weighted by Gasteiger charge is 2.10. The van der Waals surface area contributed by atoms with Crippen LogP contribution in [0.25, 0.3) is 0 Å². The zero-order valence-electron chi connectivity index (χ0n) is 9.87. The molecular formula is C11H16FN3O2. The molecule has 2 N–H and O–H groups in total. The van der Waals surface area contributed by atoms with E-state index in [9.17, 15) is 14.5 Å². The van der Waals surface area contributed by atoms with Crippen LogP contribution in [0.5, 0.6) is 0 Å². The van der Waals surface area contributed by atoms with E-state index in [-0.39, 0.29) is 5.69 Å². The molecule has 1 unspecified atom stereocenters. The third kappa shape index (κ3) is 3.99. The quantitative estimate of drug-likeness (QED) is 0.590. The number of halogens is 1. The summed E-state index contributed by atoms with van der Waals surface area (Å²) in [6, 6.07) is 3.60. The van der Waals surface area contributed by atoms with Crippen LogP contribution in [0.1, 0.15) is 6.92 Å². The SMILES string of the molecule is CNCC(C)CNc1ccc([N+](=O)[O-])cc1F. The lowest BCUT2D eigenvalue weighted by atomic mass is 10.1. The van der Waals surface area contributed by atoms with Gasteiger partial charge < -0.3 is 10.6 Å². The number of benzene rings is 1. The van der Waals surface area contributed by atoms with Crippen molar-refractivity contribution >= 4 is 11.4 Å². The van der Waals surface area contributed by atoms with Crippen molar-refractivity contribution in [2.75, 3.05) is 25.5 Å². The normalized spacial score (nSPS) is 12.2. The van der Waals surface area contributed by atoms with Crippen molar-refractivity contribution < 1.29 is 9.31 Å². The zero-order chi connectivity index (χ0) is 12.8. The van der Waals surface area contributed by atoms with Gasteiger partial charge in [0.15, 0.2) is 5.82 Å². The van der Waals surface area contributed by atoms with Gasteiger partial charge in [0.25, 0.3) is 5.69 Å². The first-order valence-electron chi connectivity index (χ1n) is 5.37. The van der Waals surface area contributed by atoms with Gasteiger partial charge in [0.2, 0.25) is 0 Å². The monoisotopic (exact) mass is 241 g/mol. The highest BCUT2D eigenvalue weighted by molar-refractivity contribution is 5.50. The van der Waals surface area contributed by atoms with E-state index in [1.54, 1.807) is 0 Å². The van der Waals surface area contributed by atoms with Gasteiger partial charge >= 0.3 is 0 Å². The maximum atomic E-state index is 13.5. The summed E-state index contributed by atoms with van der Waals surface area (Å²) in [6.45, 7) is 3.45. The largest absolute Gasteiger partial charge is 0.382 e. The van der Waals surface area contributed by atoms with Gasteiger partial charge in [0.05, 0.1) is 16.7 Å². The number of hydrogen-bond donors (Lipinski definition) is 2. The summed E-state index contributed by atoms with van der Waals surface area (Å²) < 4.78 is 13.5. The Morgan fingerprint density at radius 2 is 2.18 bits per heavy atom. The van der Waals surface area contributed by atoms with Crippen LogP contribution in [0.3, 0.4) is 0 Å². The number of nitrogens with zero attached hydrogens (tertiary/aromatic N) is 1. The second-order valence-electron chi connectivity index (χ2n) is 3.97. The molecule has 0 fully saturated rings. The maximum Gasteiger partial charge on any atom is 0.272 e. The molecule has 6 heteroatoms. The average Bonchev–Trinajstić information content (AvgIpc) is 2.27. The first-order chi connectivity index (χ1) is 8.04. The average molecular weight is 241 g/mol. The van der Waals surface area contributed by atoms with Gasteiger partial charge in [0.1, 0.15) is 0 Å². The van der Waals surface area contributed by atoms with Gasteiger partial charge in [-0.2, -0.15) is 0 Å². The zero-order valence-corrected chi connectivity index (χ0v) is 9.87. The molecule has 0 heterocycles. The number of hydrogen-bond acceptors (Lipinski definition) is 4. The predicted octanol–water partition coefficient (Wildman–Crippen LogP) is 2.00. The maximum absolute atomic E-state index is 13.5. The van der Waals surface area contributed by atoms with E-state index in [0.717, 1.165) is 12.6 Å². The van der Waals surface area contributed by atoms with Crippen molar-refractivity contribution in [2.24, 2.45) is 5.92 Å². The number of nitro groups is 1. The van der Waals surface area contributed by atoms with Crippen LogP contribution in [0, 0.1) is 21.8 Å². The standard InChI is InChI=1S/C11H16FN3O2/c1-8(6-13-2)7-14-11-4-3-9(15(16)17)5-10(11)12/h3-5,8,13-14H,6-7H2,1-2H3. The molecule has 1 rings (SSSR count). The van der Waals surface area contributed by atoms with E-state index >= 15 is 0 Å². The number of non-ortho nitro benzene ring substituents is 1. The lowest BCUT2D eigenvalue weighted by Crippen LogP contribution is -2.23. The molecule has 0 amide bonds. The summed E-state index contributed by atoms with van der Waals surface area (Å²) in [4.78, 5) is 9.81. The lowest BCUT2D eigenvalue weighted by Gasteiger charge is -2.13. The fourth-order valence-corrected chi connectivity index (χ4v) is 1.47. The van der Waals surface area contributed by atoms with Crippen LogP contribution in [-0.2, 0) is 0 Å². The summed E-state index contributed by atoms with van der Waals surface area (Å²) >= 11 is 0. The Hall–Kier alpha value is -1.69. The molecule has 0 saturated carbocycles. The van der Waals surface area contributed by atoms with Crippen molar-refractivity contribution in [3.05, 3.63) is 34.1 Å². The third-order valence-electron chi connectivity index (χ3n) is 2.36. The van der Waals surface area contributed by atoms with Crippen LogP contribution >= 0.6 is 0 Å². The molecule has 0 aromatic heterocycles. The molecule has 0 radical (unpaired) electrons. The second-order valence-corrected chi connectivity index (χ2v) is 3.97. The van der Waals surface area contributed by atoms with Gasteiger partial charge in [-0.25, -0.2) is 4.39 Å². The van der Waals surface area contributed by atoms with Crippen LogP contribution in [0.15, 0.2) is 18.2 Å². The van der Waals surface area contributed by atoms with E-state index in [4.69, 9.17) is 0 Å². The van der Waals surface area contributed by atoms with Gasteiger partial charge in [0, 0.05) is 12.6 Å². The Bertz CT molecular complexity index is 398. The minimum atomic E-state index is -0.615. The minimum Gasteiger partial charge on any atom is -0.382 e. The highest BCUT2D eigenvalue weighted by Crippen LogP contribution is 2.20. The van der Waals surface area contributed by atoms with E-state index in [2.05, 4.69) is 10.6 Å². The number of nitrogens with one attached hydrogen (secondary N) is 2. The molecule has 5 nitrogen and oxygen atoms in total. The van der Waals surface area contributed by atoms with Gasteiger partial charge in [-0.1, -0.05) is 6.92 Å². The van der Waals surface area contributed by atoms with Crippen LogP contribution in [-0.4, -0.2) is 25.1 Å². The molecule has 1 aromatic rings. The van der Waals surface area contributed by atoms with Crippen molar-refractivity contribution in [3.8, 4) is 0 Å². The Balaban J connectivity index is 2.63. The molecule has 0 bridgehead atoms. The van der Waals surface area contributed by atoms with Crippen LogP contribution < -0.4 is 10.6 Å². The van der Waals surface area contributed by atoms with Crippen LogP contribution in [0.4, 0.5) is 15.8 Å². The molecule has 1 aromatic carbocycles. The van der Waals surface area contributed by atoms with Crippen LogP contribution in [0.2, 0.25) is 0 Å². The van der Waals surface area contributed by atoms with Crippen molar-refractivity contribution in [1.29, 1.82) is 0 Å². The smallest absolute Gasteiger partial charge is 0.272 e. The Morgan fingerprint density at radius 3 is 2.71 bits per heavy atom. The second kappa shape index (κ2) is 6.15. The van der Waals surface area contributed by atoms with Gasteiger partial charge in [-0.3, -0.25) is 10.1 Å². The molecule has 0 aliphatic rings. The number of anilines is 1. The minimum absolute atomic E-state index is 0.240. The number of nitro benzene ring substituents is 1. The first kappa shape index (κ1) is 13.4. The Kier molecular flexibility index (Phi) is 4.84. The van der Waals surface area contributed by atoms with E-state index in [0.29, 0.717) is 18.2 Å². The molecule has 0 spiro atoms. The first-order valence-corrected chi connectivity index (χ1v) is 5.37. The van der Waals surface area contributed by atoms with Gasteiger partial charge in [-0.05, 0) is 25.6 Å². The highest BCUT2D eigenvalue weighted by atomic mass is 19.1. The Morgan fingerprint density at radius 1 is 1.47 bits per heavy atom. The molecule has 17 heavy (non-hydrogen) atoms. The van der Waals surface area contributed by atoms with Crippen molar-refractivity contribution in [1.82, 2.24) is 5.32 Å². The number of rotatable bonds is 6. The van der Waals surface area contributed by atoms with E-state index < -0.39 is 10.7 Å². The summed E-state index contributed by atoms with van der Waals surface area (Å²) in [7, 11) is 1.85. The van der Waals surface area contributed by atoms with E-state index in [1.165, 1.54) is 12.1 Å². The summed E-state index contributed by atoms with van der Waals surface area (Å²) in [5.41, 5.74) is 0.0508. The summed E-state index contributed by atoms with van der Waals surface area (Å²) in [5.74, 6) is -0.259. The fraction of sp³-hybridized carbons (Fsp3) is 0.455. The molecule has 0 saturated heterocycles. The molecule has 0 aliphatic heterocycles. The molecule has 1 atom stereocenters. The molecular weight excluding hydrogens is 225 g/mol. The topological polar surface area (TPSA) is 67.2 Å². The van der Waals surface area contributed by atoms with E-state index in [1.807, 2.05) is 14.0 Å². The van der Waals surface area contributed by atoms with Crippen molar-refractivity contribution in [2.45, 2.75) is 6.92 Å². The van der Waals surface area contributed by atoms with Gasteiger partial charge in [-0.15, -0.1) is 0 Å². The predicted molar refractivity (Wildman–Crippen MR) is 64.6 cm³/mol. The summed E-state index contributed by atoms with van der Waals surface area (Å²) in [5, 5.41) is 16.4. The van der Waals surface area contributed by atoms with Crippen molar-refractivity contribution in [3.63, 3.8) is 0 Å². The summed E-state index contributed by atoms with van der Waals surface area (Å²) in [6.07, 6.45) is 0. The Labute approximate surface area is 99.2 Å². The molecule has 94 valence electrons.